The Kier molecular flexibility index (Phi) is 16.7. The van der Waals surface area contributed by atoms with Crippen LogP contribution in [-0.2, 0) is 58.2 Å². The smallest absolute Gasteiger partial charge is 0.358 e. The number of aryl methyl sites for hydroxylation is 1. The van der Waals surface area contributed by atoms with E-state index in [0.29, 0.717) is 36.9 Å². The van der Waals surface area contributed by atoms with Gasteiger partial charge in [0.2, 0.25) is 23.6 Å². The number of carbonyl (C=O) groups is 4. The highest BCUT2D eigenvalue weighted by molar-refractivity contribution is 7.53. The van der Waals surface area contributed by atoms with E-state index in [2.05, 4.69) is 26.3 Å². The first-order valence-corrected chi connectivity index (χ1v) is 22.2. The van der Waals surface area contributed by atoms with Crippen LogP contribution in [0.15, 0.2) is 42.5 Å². The normalized spacial score (nSPS) is 17.7. The Morgan fingerprint density at radius 1 is 0.881 bits per heavy atom. The van der Waals surface area contributed by atoms with Gasteiger partial charge >= 0.3 is 13.8 Å². The predicted octanol–water partition coefficient (Wildman–Crippen LogP) is 7.14. The molecule has 4 rings (SSSR count). The number of H-pyrrole nitrogens is 1. The third kappa shape index (κ3) is 11.9. The number of aromatic nitrogens is 1. The molecular weight excluding hydrogens is 793 g/mol. The molecule has 0 spiro atoms. The molecule has 326 valence electrons. The number of para-hydroxylation sites is 1. The van der Waals surface area contributed by atoms with Crippen LogP contribution in [0, 0.1) is 17.7 Å². The molecule has 17 heteroatoms. The molecule has 0 radical (unpaired) electrons. The Hall–Kier alpha value is -4.27. The summed E-state index contributed by atoms with van der Waals surface area (Å²) in [6, 6.07) is 7.32. The average molecular weight is 852 g/mol. The molecule has 4 unspecified atom stereocenters. The summed E-state index contributed by atoms with van der Waals surface area (Å²) in [6.45, 7) is 11.3. The van der Waals surface area contributed by atoms with E-state index in [1.54, 1.807) is 33.8 Å². The van der Waals surface area contributed by atoms with Gasteiger partial charge in [0.1, 0.15) is 23.4 Å². The second-order valence-corrected chi connectivity index (χ2v) is 17.4. The number of hydrogen-bond acceptors (Lipinski definition) is 7. The number of carbonyl (C=O) groups excluding carboxylic acids is 4. The minimum atomic E-state index is -4.66. The molecule has 4 amide bonds. The van der Waals surface area contributed by atoms with Crippen LogP contribution in [0.1, 0.15) is 96.0 Å². The van der Waals surface area contributed by atoms with Crippen molar-refractivity contribution < 1.29 is 50.4 Å². The van der Waals surface area contributed by atoms with Crippen LogP contribution in [0.25, 0.3) is 10.9 Å². The van der Waals surface area contributed by atoms with Crippen molar-refractivity contribution in [3.05, 3.63) is 70.7 Å². The molecule has 1 aromatic heterocycles. The van der Waals surface area contributed by atoms with Crippen LogP contribution < -0.4 is 21.3 Å². The largest absolute Gasteiger partial charge is 0.418 e. The molecule has 5 N–H and O–H groups in total. The first-order valence-electron chi connectivity index (χ1n) is 20.4. The standard InChI is InChI=1S/C42H58F4N5O7P/c1-7-26(5)35(38(53)47-22-13-14-23-59(56,57-9-3)58-10-4)50-40(55)41(21-20-33-30(25-41)29-17-15-18-31(37(29)48-33)42(44,45)46)51-39(54)36(27(6)8-2)49-34(52)24-28-16-11-12-19-32(28)43/h11-12,15-19,26-27,35-36,48H,7-10,13-14,20-25H2,1-6H3,(H,47,53)(H,49,52)(H,50,55)(H,51,54)/t26?,27?,35?,36?,41-/m1/s1. The Morgan fingerprint density at radius 2 is 1.53 bits per heavy atom. The molecule has 59 heavy (non-hydrogen) atoms. The van der Waals surface area contributed by atoms with Gasteiger partial charge in [-0.25, -0.2) is 4.39 Å². The van der Waals surface area contributed by atoms with Crippen molar-refractivity contribution >= 4 is 42.1 Å². The van der Waals surface area contributed by atoms with E-state index in [0.717, 1.165) is 6.07 Å². The lowest BCUT2D eigenvalue weighted by atomic mass is 9.78. The number of rotatable bonds is 21. The van der Waals surface area contributed by atoms with Crippen LogP contribution in [0.3, 0.4) is 0 Å². The maximum Gasteiger partial charge on any atom is 0.418 e. The molecule has 1 aliphatic carbocycles. The highest BCUT2D eigenvalue weighted by Gasteiger charge is 2.47. The zero-order valence-corrected chi connectivity index (χ0v) is 35.5. The van der Waals surface area contributed by atoms with Crippen molar-refractivity contribution in [2.24, 2.45) is 11.8 Å². The minimum Gasteiger partial charge on any atom is -0.358 e. The van der Waals surface area contributed by atoms with E-state index >= 15 is 0 Å². The number of unbranched alkanes of at least 4 members (excludes halogenated alkanes) is 1. The number of alkyl halides is 3. The molecule has 0 aliphatic heterocycles. The van der Waals surface area contributed by atoms with Crippen molar-refractivity contribution in [1.29, 1.82) is 0 Å². The van der Waals surface area contributed by atoms with Crippen molar-refractivity contribution in [1.82, 2.24) is 26.3 Å². The predicted molar refractivity (Wildman–Crippen MR) is 217 cm³/mol. The SMILES string of the molecule is CCOP(=O)(CCCCNC(=O)C(NC(=O)[C@@]1(NC(=O)C(NC(=O)Cc2ccccc2F)C(C)CC)CCc2[nH]c3c(C(F)(F)F)cccc3c2C1)C(C)CC)OCC. The first-order chi connectivity index (χ1) is 27.9. The van der Waals surface area contributed by atoms with Gasteiger partial charge in [-0.3, -0.25) is 23.7 Å². The van der Waals surface area contributed by atoms with Gasteiger partial charge in [-0.05, 0) is 74.6 Å². The van der Waals surface area contributed by atoms with E-state index in [9.17, 15) is 41.3 Å². The fraction of sp³-hybridized carbons (Fsp3) is 0.571. The van der Waals surface area contributed by atoms with Gasteiger partial charge in [-0.15, -0.1) is 0 Å². The number of hydrogen-bond donors (Lipinski definition) is 5. The maximum atomic E-state index is 14.8. The first kappa shape index (κ1) is 47.4. The lowest BCUT2D eigenvalue weighted by Crippen LogP contribution is -2.67. The molecule has 0 fully saturated rings. The van der Waals surface area contributed by atoms with Crippen molar-refractivity contribution in [2.75, 3.05) is 25.9 Å². The van der Waals surface area contributed by atoms with Gasteiger partial charge in [0.05, 0.1) is 36.9 Å². The number of halogens is 4. The average Bonchev–Trinajstić information content (AvgIpc) is 3.56. The molecular formula is C42H58F4N5O7P. The number of nitrogens with one attached hydrogen (secondary N) is 5. The molecule has 12 nitrogen and oxygen atoms in total. The fourth-order valence-corrected chi connectivity index (χ4v) is 9.14. The van der Waals surface area contributed by atoms with Crippen LogP contribution >= 0.6 is 7.60 Å². The Bertz CT molecular complexity index is 1980. The Morgan fingerprint density at radius 3 is 2.14 bits per heavy atom. The second-order valence-electron chi connectivity index (χ2n) is 15.3. The van der Waals surface area contributed by atoms with Crippen molar-refractivity contribution in [3.63, 3.8) is 0 Å². The maximum absolute atomic E-state index is 14.8. The lowest BCUT2D eigenvalue weighted by molar-refractivity contribution is -0.139. The lowest BCUT2D eigenvalue weighted by Gasteiger charge is -2.39. The van der Waals surface area contributed by atoms with Gasteiger partial charge in [-0.2, -0.15) is 13.2 Å². The van der Waals surface area contributed by atoms with E-state index in [1.165, 1.54) is 30.3 Å². The number of fused-ring (bicyclic) bond motifs is 3. The minimum absolute atomic E-state index is 0.0449. The number of benzene rings is 2. The topological polar surface area (TPSA) is 168 Å². The Balaban J connectivity index is 1.64. The summed E-state index contributed by atoms with van der Waals surface area (Å²) >= 11 is 0. The molecule has 5 atom stereocenters. The molecule has 2 aromatic carbocycles. The summed E-state index contributed by atoms with van der Waals surface area (Å²) in [6.07, 6.45) is -3.22. The number of amides is 4. The van der Waals surface area contributed by atoms with Gasteiger partial charge in [0, 0.05) is 24.0 Å². The summed E-state index contributed by atoms with van der Waals surface area (Å²) in [7, 11) is -3.26. The summed E-state index contributed by atoms with van der Waals surface area (Å²) in [5.74, 6) is -3.94. The monoisotopic (exact) mass is 851 g/mol. The van der Waals surface area contributed by atoms with Crippen LogP contribution in [-0.4, -0.2) is 72.2 Å². The van der Waals surface area contributed by atoms with Crippen molar-refractivity contribution in [3.8, 4) is 0 Å². The molecule has 1 aliphatic rings. The third-order valence-electron chi connectivity index (χ3n) is 11.1. The third-order valence-corrected chi connectivity index (χ3v) is 13.3. The van der Waals surface area contributed by atoms with Crippen LogP contribution in [0.5, 0.6) is 0 Å². The van der Waals surface area contributed by atoms with Crippen LogP contribution in [0.4, 0.5) is 17.6 Å². The van der Waals surface area contributed by atoms with E-state index in [1.807, 2.05) is 13.8 Å². The fourth-order valence-electron chi connectivity index (χ4n) is 7.41. The van der Waals surface area contributed by atoms with E-state index < -0.39 is 72.3 Å². The van der Waals surface area contributed by atoms with Crippen LogP contribution in [0.2, 0.25) is 0 Å². The van der Waals surface area contributed by atoms with Crippen molar-refractivity contribution in [2.45, 2.75) is 117 Å². The highest BCUT2D eigenvalue weighted by atomic mass is 31.2. The van der Waals surface area contributed by atoms with Gasteiger partial charge in [0.25, 0.3) is 0 Å². The molecule has 3 aromatic rings. The van der Waals surface area contributed by atoms with Gasteiger partial charge in [0.15, 0.2) is 0 Å². The Labute approximate surface area is 343 Å². The highest BCUT2D eigenvalue weighted by Crippen LogP contribution is 2.48. The zero-order chi connectivity index (χ0) is 43.5. The summed E-state index contributed by atoms with van der Waals surface area (Å²) in [5, 5.41) is 11.6. The second kappa shape index (κ2) is 20.8. The molecule has 0 bridgehead atoms. The molecule has 1 heterocycles. The summed E-state index contributed by atoms with van der Waals surface area (Å²) in [4.78, 5) is 59.1. The van der Waals surface area contributed by atoms with E-state index in [4.69, 9.17) is 9.05 Å². The summed E-state index contributed by atoms with van der Waals surface area (Å²) < 4.78 is 80.3. The zero-order valence-electron chi connectivity index (χ0n) is 34.7. The van der Waals surface area contributed by atoms with Gasteiger partial charge in [-0.1, -0.05) is 70.9 Å². The summed E-state index contributed by atoms with van der Waals surface area (Å²) in [5.41, 5.74) is -1.74. The number of aromatic amines is 1. The van der Waals surface area contributed by atoms with Gasteiger partial charge < -0.3 is 35.3 Å². The molecule has 0 saturated carbocycles. The quantitative estimate of drug-likeness (QED) is 0.0432. The molecule has 0 saturated heterocycles. The van der Waals surface area contributed by atoms with E-state index in [-0.39, 0.29) is 74.0 Å².